The van der Waals surface area contributed by atoms with Gasteiger partial charge >= 0.3 is 5.97 Å². The smallest absolute Gasteiger partial charge is 0.303 e. The number of halogens is 3. The summed E-state index contributed by atoms with van der Waals surface area (Å²) in [5.41, 5.74) is 2.05. The second kappa shape index (κ2) is 12.3. The van der Waals surface area contributed by atoms with Gasteiger partial charge in [0.05, 0.1) is 21.4 Å². The van der Waals surface area contributed by atoms with Crippen LogP contribution in [0, 0.1) is 5.92 Å². The van der Waals surface area contributed by atoms with Crippen molar-refractivity contribution in [2.45, 2.75) is 52.6 Å². The summed E-state index contributed by atoms with van der Waals surface area (Å²) in [7, 11) is 0. The monoisotopic (exact) mass is 588 g/mol. The van der Waals surface area contributed by atoms with Gasteiger partial charge in [0, 0.05) is 12.3 Å². The van der Waals surface area contributed by atoms with Crippen LogP contribution in [0.25, 0.3) is 0 Å². The molecule has 0 aliphatic heterocycles. The van der Waals surface area contributed by atoms with Gasteiger partial charge in [0.15, 0.2) is 0 Å². The van der Waals surface area contributed by atoms with Crippen LogP contribution in [-0.4, -0.2) is 31.2 Å². The predicted molar refractivity (Wildman–Crippen MR) is 137 cm³/mol. The van der Waals surface area contributed by atoms with Crippen LogP contribution in [0.2, 0.25) is 0 Å². The lowest BCUT2D eigenvalue weighted by molar-refractivity contribution is -0.146. The second-order valence-electron chi connectivity index (χ2n) is 8.44. The van der Waals surface area contributed by atoms with Crippen LogP contribution in [0.1, 0.15) is 52.2 Å². The minimum atomic E-state index is -0.509. The minimum absolute atomic E-state index is 0.164. The third-order valence-electron chi connectivity index (χ3n) is 5.45. The van der Waals surface area contributed by atoms with Crippen LogP contribution in [0.5, 0.6) is 11.5 Å². The molecule has 0 fully saturated rings. The summed E-state index contributed by atoms with van der Waals surface area (Å²) in [6, 6.07) is 12.4. The van der Waals surface area contributed by atoms with Crippen molar-refractivity contribution in [1.82, 2.24) is 0 Å². The van der Waals surface area contributed by atoms with Crippen molar-refractivity contribution in [3.05, 3.63) is 56.5 Å². The largest absolute Gasteiger partial charge is 0.493 e. The van der Waals surface area contributed by atoms with Crippen molar-refractivity contribution in [3.8, 4) is 11.5 Å². The molecule has 2 aromatic carbocycles. The zero-order valence-electron chi connectivity index (χ0n) is 19.2. The Balaban J connectivity index is 2.17. The van der Waals surface area contributed by atoms with E-state index in [1.807, 2.05) is 12.1 Å². The van der Waals surface area contributed by atoms with Crippen LogP contribution in [0.15, 0.2) is 45.3 Å². The maximum atomic E-state index is 11.2. The molecule has 0 amide bonds. The molecule has 32 heavy (non-hydrogen) atoms. The maximum absolute atomic E-state index is 11.2. The first-order chi connectivity index (χ1) is 15.1. The zero-order chi connectivity index (χ0) is 23.9. The summed E-state index contributed by atoms with van der Waals surface area (Å²) in [6.45, 7) is 11.0. The Kier molecular flexibility index (Phi) is 10.4. The standard InChI is InChI=1S/C25H31Br2ClO4/c1-6-16(2)14-30-20-9-7-18(8-10-20)25(4,5)19-11-22(26)24(23(27)12-19)31-15-21(13-28)32-17(3)29/h7-12,16,21H,6,13-15H2,1-5H3/t16-,21+/m0/s1. The van der Waals surface area contributed by atoms with E-state index in [1.54, 1.807) is 0 Å². The fourth-order valence-corrected chi connectivity index (χ4v) is 4.64. The van der Waals surface area contributed by atoms with Gasteiger partial charge in [-0.1, -0.05) is 46.2 Å². The minimum Gasteiger partial charge on any atom is -0.493 e. The van der Waals surface area contributed by atoms with Crippen molar-refractivity contribution >= 4 is 49.4 Å². The molecule has 2 atom stereocenters. The summed E-state index contributed by atoms with van der Waals surface area (Å²) in [5, 5.41) is 0. The van der Waals surface area contributed by atoms with E-state index < -0.39 is 6.10 Å². The average Bonchev–Trinajstić information content (AvgIpc) is 2.75. The Hall–Kier alpha value is -1.24. The van der Waals surface area contributed by atoms with E-state index >= 15 is 0 Å². The molecule has 0 saturated carbocycles. The molecule has 2 aromatic rings. The number of rotatable bonds is 11. The molecule has 0 N–H and O–H groups in total. The lowest BCUT2D eigenvalue weighted by Crippen LogP contribution is -2.26. The quantitative estimate of drug-likeness (QED) is 0.201. The van der Waals surface area contributed by atoms with E-state index in [-0.39, 0.29) is 23.9 Å². The van der Waals surface area contributed by atoms with Crippen LogP contribution < -0.4 is 9.47 Å². The second-order valence-corrected chi connectivity index (χ2v) is 10.5. The first-order valence-corrected chi connectivity index (χ1v) is 12.8. The Morgan fingerprint density at radius 1 is 1.03 bits per heavy atom. The van der Waals surface area contributed by atoms with Gasteiger partial charge in [0.25, 0.3) is 0 Å². The van der Waals surface area contributed by atoms with E-state index in [2.05, 4.69) is 83.8 Å². The fraction of sp³-hybridized carbons (Fsp3) is 0.480. The van der Waals surface area contributed by atoms with Gasteiger partial charge in [0.2, 0.25) is 0 Å². The molecule has 0 aliphatic rings. The van der Waals surface area contributed by atoms with Crippen molar-refractivity contribution in [3.63, 3.8) is 0 Å². The van der Waals surface area contributed by atoms with Crippen LogP contribution in [0.3, 0.4) is 0 Å². The first-order valence-electron chi connectivity index (χ1n) is 10.7. The van der Waals surface area contributed by atoms with E-state index in [9.17, 15) is 4.79 Å². The maximum Gasteiger partial charge on any atom is 0.303 e. The highest BCUT2D eigenvalue weighted by Crippen LogP contribution is 2.41. The van der Waals surface area contributed by atoms with Crippen molar-refractivity contribution in [2.24, 2.45) is 5.92 Å². The molecule has 0 spiro atoms. The van der Waals surface area contributed by atoms with Gasteiger partial charge in [-0.05, 0) is 73.2 Å². The third-order valence-corrected chi connectivity index (χ3v) is 6.97. The number of esters is 1. The molecule has 0 saturated heterocycles. The van der Waals surface area contributed by atoms with Gasteiger partial charge in [-0.2, -0.15) is 0 Å². The van der Waals surface area contributed by atoms with Crippen molar-refractivity contribution in [2.75, 3.05) is 19.1 Å². The van der Waals surface area contributed by atoms with E-state index in [1.165, 1.54) is 12.5 Å². The number of carbonyl (C=O) groups is 1. The van der Waals surface area contributed by atoms with Crippen molar-refractivity contribution < 1.29 is 19.0 Å². The number of carbonyl (C=O) groups excluding carboxylic acids is 1. The third kappa shape index (κ3) is 7.39. The summed E-state index contributed by atoms with van der Waals surface area (Å²) >= 11 is 13.1. The highest BCUT2D eigenvalue weighted by Gasteiger charge is 2.26. The Morgan fingerprint density at radius 3 is 2.12 bits per heavy atom. The molecule has 176 valence electrons. The van der Waals surface area contributed by atoms with E-state index in [0.717, 1.165) is 33.3 Å². The van der Waals surface area contributed by atoms with Crippen LogP contribution in [-0.2, 0) is 14.9 Å². The van der Waals surface area contributed by atoms with E-state index in [0.29, 0.717) is 11.7 Å². The first kappa shape index (κ1) is 27.0. The summed E-state index contributed by atoms with van der Waals surface area (Å²) in [5.74, 6) is 1.84. The summed E-state index contributed by atoms with van der Waals surface area (Å²) in [6.07, 6.45) is 0.593. The van der Waals surface area contributed by atoms with Crippen molar-refractivity contribution in [1.29, 1.82) is 0 Å². The highest BCUT2D eigenvalue weighted by molar-refractivity contribution is 9.11. The molecular formula is C25H31Br2ClO4. The highest BCUT2D eigenvalue weighted by atomic mass is 79.9. The molecule has 0 heterocycles. The summed E-state index contributed by atoms with van der Waals surface area (Å²) in [4.78, 5) is 11.2. The Bertz CT molecular complexity index is 876. The Labute approximate surface area is 213 Å². The molecule has 0 radical (unpaired) electrons. The number of hydrogen-bond acceptors (Lipinski definition) is 4. The van der Waals surface area contributed by atoms with E-state index in [4.69, 9.17) is 25.8 Å². The fourth-order valence-electron chi connectivity index (χ4n) is 3.07. The molecule has 0 unspecified atom stereocenters. The molecular weight excluding hydrogens is 560 g/mol. The molecule has 7 heteroatoms. The predicted octanol–water partition coefficient (Wildman–Crippen LogP) is 7.51. The van der Waals surface area contributed by atoms with Gasteiger partial charge in [-0.15, -0.1) is 11.6 Å². The van der Waals surface area contributed by atoms with Crippen LogP contribution in [0.4, 0.5) is 0 Å². The number of benzene rings is 2. The number of ether oxygens (including phenoxy) is 3. The summed E-state index contributed by atoms with van der Waals surface area (Å²) < 4.78 is 18.5. The number of alkyl halides is 1. The van der Waals surface area contributed by atoms with Gasteiger partial charge in [0.1, 0.15) is 24.2 Å². The lowest BCUT2D eigenvalue weighted by Gasteiger charge is -2.28. The lowest BCUT2D eigenvalue weighted by atomic mass is 9.78. The molecule has 0 aliphatic carbocycles. The zero-order valence-corrected chi connectivity index (χ0v) is 23.1. The normalized spacial score (nSPS) is 13.4. The molecule has 0 bridgehead atoms. The SMILES string of the molecule is CC[C@H](C)COc1ccc(C(C)(C)c2cc(Br)c(OC[C@@H](CCl)OC(C)=O)c(Br)c2)cc1. The van der Waals surface area contributed by atoms with Gasteiger partial charge in [-0.3, -0.25) is 4.79 Å². The Morgan fingerprint density at radius 2 is 1.62 bits per heavy atom. The average molecular weight is 591 g/mol. The topological polar surface area (TPSA) is 44.8 Å². The van der Waals surface area contributed by atoms with Gasteiger partial charge < -0.3 is 14.2 Å². The molecule has 4 nitrogen and oxygen atoms in total. The van der Waals surface area contributed by atoms with Crippen LogP contribution >= 0.6 is 43.5 Å². The van der Waals surface area contributed by atoms with Gasteiger partial charge in [-0.25, -0.2) is 0 Å². The molecule has 2 rings (SSSR count). The molecule has 0 aromatic heterocycles. The number of hydrogen-bond donors (Lipinski definition) is 0.